The van der Waals surface area contributed by atoms with Gasteiger partial charge in [-0.3, -0.25) is 0 Å². The van der Waals surface area contributed by atoms with Gasteiger partial charge in [-0.25, -0.2) is 8.78 Å². The van der Waals surface area contributed by atoms with E-state index in [1.54, 1.807) is 13.8 Å². The van der Waals surface area contributed by atoms with Crippen molar-refractivity contribution in [1.82, 2.24) is 5.32 Å². The molecule has 0 aromatic rings. The minimum Gasteiger partial charge on any atom is -0.390 e. The molecule has 2 N–H and O–H groups in total. The normalized spacial score (nSPS) is 12.4. The predicted molar refractivity (Wildman–Crippen MR) is 50.6 cm³/mol. The molecule has 0 spiro atoms. The molecule has 0 atom stereocenters. The SMILES string of the molecule is CC(C)(O)CCNCCOCC(F)F. The van der Waals surface area contributed by atoms with Crippen LogP contribution in [0.15, 0.2) is 0 Å². The largest absolute Gasteiger partial charge is 0.390 e. The molecular formula is C9H19F2NO2. The molecule has 0 fully saturated rings. The molecular weight excluding hydrogens is 192 g/mol. The Morgan fingerprint density at radius 1 is 1.36 bits per heavy atom. The lowest BCUT2D eigenvalue weighted by atomic mass is 10.1. The first kappa shape index (κ1) is 13.7. The Kier molecular flexibility index (Phi) is 6.96. The van der Waals surface area contributed by atoms with Crippen LogP contribution >= 0.6 is 0 Å². The average Bonchev–Trinajstić information content (AvgIpc) is 2.00. The van der Waals surface area contributed by atoms with Crippen LogP contribution in [0.4, 0.5) is 8.78 Å². The lowest BCUT2D eigenvalue weighted by molar-refractivity contribution is 0.0182. The van der Waals surface area contributed by atoms with Crippen molar-refractivity contribution < 1.29 is 18.6 Å². The van der Waals surface area contributed by atoms with Crippen LogP contribution < -0.4 is 5.32 Å². The molecule has 0 aliphatic heterocycles. The smallest absolute Gasteiger partial charge is 0.261 e. The van der Waals surface area contributed by atoms with E-state index in [0.29, 0.717) is 19.5 Å². The Labute approximate surface area is 83.4 Å². The van der Waals surface area contributed by atoms with Gasteiger partial charge in [0.05, 0.1) is 12.2 Å². The number of hydrogen-bond acceptors (Lipinski definition) is 3. The fourth-order valence-electron chi connectivity index (χ4n) is 0.836. The van der Waals surface area contributed by atoms with Crippen molar-refractivity contribution in [3.8, 4) is 0 Å². The third-order valence-electron chi connectivity index (χ3n) is 1.58. The highest BCUT2D eigenvalue weighted by molar-refractivity contribution is 4.65. The number of ether oxygens (including phenoxy) is 1. The Morgan fingerprint density at radius 2 is 2.00 bits per heavy atom. The number of hydrogen-bond donors (Lipinski definition) is 2. The molecule has 0 saturated carbocycles. The number of aliphatic hydroxyl groups is 1. The van der Waals surface area contributed by atoms with Crippen LogP contribution in [0.3, 0.4) is 0 Å². The first-order valence-corrected chi connectivity index (χ1v) is 4.71. The minimum atomic E-state index is -2.40. The Balaban J connectivity index is 3.07. The molecule has 0 unspecified atom stereocenters. The molecule has 5 heteroatoms. The number of rotatable bonds is 8. The first-order chi connectivity index (χ1) is 6.42. The van der Waals surface area contributed by atoms with E-state index in [-0.39, 0.29) is 6.61 Å². The third-order valence-corrected chi connectivity index (χ3v) is 1.58. The molecule has 0 heterocycles. The van der Waals surface area contributed by atoms with Crippen molar-refractivity contribution in [2.24, 2.45) is 0 Å². The van der Waals surface area contributed by atoms with Gasteiger partial charge in [0.2, 0.25) is 0 Å². The third kappa shape index (κ3) is 11.7. The summed E-state index contributed by atoms with van der Waals surface area (Å²) in [5.74, 6) is 0. The van der Waals surface area contributed by atoms with Crippen LogP contribution in [0, 0.1) is 0 Å². The van der Waals surface area contributed by atoms with Crippen molar-refractivity contribution in [2.75, 3.05) is 26.3 Å². The van der Waals surface area contributed by atoms with Crippen LogP contribution in [0.25, 0.3) is 0 Å². The molecule has 0 aliphatic rings. The van der Waals surface area contributed by atoms with E-state index < -0.39 is 18.6 Å². The maximum atomic E-state index is 11.6. The lowest BCUT2D eigenvalue weighted by Gasteiger charge is -2.16. The Morgan fingerprint density at radius 3 is 2.50 bits per heavy atom. The van der Waals surface area contributed by atoms with E-state index >= 15 is 0 Å². The van der Waals surface area contributed by atoms with E-state index in [1.807, 2.05) is 0 Å². The summed E-state index contributed by atoms with van der Waals surface area (Å²) in [7, 11) is 0. The van der Waals surface area contributed by atoms with Crippen molar-refractivity contribution in [3.63, 3.8) is 0 Å². The summed E-state index contributed by atoms with van der Waals surface area (Å²) in [5.41, 5.74) is -0.684. The van der Waals surface area contributed by atoms with Crippen LogP contribution in [-0.2, 0) is 4.74 Å². The van der Waals surface area contributed by atoms with Gasteiger partial charge in [-0.2, -0.15) is 0 Å². The molecule has 0 aromatic heterocycles. The molecule has 14 heavy (non-hydrogen) atoms. The fourth-order valence-corrected chi connectivity index (χ4v) is 0.836. The summed E-state index contributed by atoms with van der Waals surface area (Å²) in [4.78, 5) is 0. The van der Waals surface area contributed by atoms with Crippen LogP contribution in [0.2, 0.25) is 0 Å². The van der Waals surface area contributed by atoms with Crippen molar-refractivity contribution in [3.05, 3.63) is 0 Å². The molecule has 0 aromatic carbocycles. The van der Waals surface area contributed by atoms with Crippen LogP contribution in [-0.4, -0.2) is 43.4 Å². The monoisotopic (exact) mass is 211 g/mol. The molecule has 0 aliphatic carbocycles. The summed E-state index contributed by atoms with van der Waals surface area (Å²) in [6.45, 7) is 4.40. The molecule has 0 rings (SSSR count). The second kappa shape index (κ2) is 7.09. The van der Waals surface area contributed by atoms with E-state index in [2.05, 4.69) is 10.1 Å². The van der Waals surface area contributed by atoms with Crippen molar-refractivity contribution in [2.45, 2.75) is 32.3 Å². The summed E-state index contributed by atoms with van der Waals surface area (Å²) in [6.07, 6.45) is -1.77. The van der Waals surface area contributed by atoms with Crippen LogP contribution in [0.5, 0.6) is 0 Å². The van der Waals surface area contributed by atoms with E-state index in [9.17, 15) is 13.9 Å². The second-order valence-electron chi connectivity index (χ2n) is 3.78. The zero-order valence-corrected chi connectivity index (χ0v) is 8.72. The van der Waals surface area contributed by atoms with Crippen molar-refractivity contribution >= 4 is 0 Å². The number of nitrogens with one attached hydrogen (secondary N) is 1. The second-order valence-corrected chi connectivity index (χ2v) is 3.78. The zero-order chi connectivity index (χ0) is 11.0. The van der Waals surface area contributed by atoms with Gasteiger partial charge in [-0.1, -0.05) is 0 Å². The van der Waals surface area contributed by atoms with E-state index in [0.717, 1.165) is 0 Å². The molecule has 86 valence electrons. The molecule has 0 radical (unpaired) electrons. The molecule has 3 nitrogen and oxygen atoms in total. The molecule has 0 bridgehead atoms. The van der Waals surface area contributed by atoms with Gasteiger partial charge in [0.15, 0.2) is 0 Å². The predicted octanol–water partition coefficient (Wildman–Crippen LogP) is 1.02. The van der Waals surface area contributed by atoms with Gasteiger partial charge in [0.25, 0.3) is 6.43 Å². The Bertz CT molecular complexity index is 137. The average molecular weight is 211 g/mol. The number of halogens is 2. The van der Waals surface area contributed by atoms with E-state index in [1.165, 1.54) is 0 Å². The fraction of sp³-hybridized carbons (Fsp3) is 1.00. The van der Waals surface area contributed by atoms with Gasteiger partial charge in [-0.15, -0.1) is 0 Å². The van der Waals surface area contributed by atoms with Gasteiger partial charge >= 0.3 is 0 Å². The highest BCUT2D eigenvalue weighted by Crippen LogP contribution is 2.04. The standard InChI is InChI=1S/C9H19F2NO2/c1-9(2,13)3-4-12-5-6-14-7-8(10)11/h8,12-13H,3-7H2,1-2H3. The summed E-state index contributed by atoms with van der Waals surface area (Å²) < 4.78 is 27.8. The highest BCUT2D eigenvalue weighted by atomic mass is 19.3. The van der Waals surface area contributed by atoms with Gasteiger partial charge in [0.1, 0.15) is 6.61 Å². The summed E-state index contributed by atoms with van der Waals surface area (Å²) >= 11 is 0. The van der Waals surface area contributed by atoms with Gasteiger partial charge in [-0.05, 0) is 26.8 Å². The summed E-state index contributed by atoms with van der Waals surface area (Å²) in [6, 6.07) is 0. The van der Waals surface area contributed by atoms with Gasteiger partial charge in [0, 0.05) is 6.54 Å². The maximum Gasteiger partial charge on any atom is 0.261 e. The number of alkyl halides is 2. The topological polar surface area (TPSA) is 41.5 Å². The maximum absolute atomic E-state index is 11.6. The molecule has 0 amide bonds. The lowest BCUT2D eigenvalue weighted by Crippen LogP contribution is -2.28. The minimum absolute atomic E-state index is 0.274. The van der Waals surface area contributed by atoms with Crippen LogP contribution in [0.1, 0.15) is 20.3 Å². The Hall–Kier alpha value is -0.260. The zero-order valence-electron chi connectivity index (χ0n) is 8.72. The molecule has 0 saturated heterocycles. The van der Waals surface area contributed by atoms with E-state index in [4.69, 9.17) is 0 Å². The first-order valence-electron chi connectivity index (χ1n) is 4.71. The summed E-state index contributed by atoms with van der Waals surface area (Å²) in [5, 5.41) is 12.3. The quantitative estimate of drug-likeness (QED) is 0.589. The highest BCUT2D eigenvalue weighted by Gasteiger charge is 2.10. The van der Waals surface area contributed by atoms with Gasteiger partial charge < -0.3 is 15.2 Å². The van der Waals surface area contributed by atoms with Crippen molar-refractivity contribution in [1.29, 1.82) is 0 Å².